The first kappa shape index (κ1) is 25.0. The SMILES string of the molecule is COc1ccc(CNC(=O)CNC(=O)CNC(=O)CNC(=O)c2ccc(Cl)cc2Cl)cc1. The molecule has 0 fully saturated rings. The molecule has 0 aliphatic carbocycles. The molecule has 0 radical (unpaired) electrons. The lowest BCUT2D eigenvalue weighted by atomic mass is 10.2. The Kier molecular flexibility index (Phi) is 9.77. The van der Waals surface area contributed by atoms with Crippen molar-refractivity contribution in [2.24, 2.45) is 0 Å². The molecule has 2 aromatic rings. The molecule has 4 N–H and O–H groups in total. The molecule has 0 aromatic heterocycles. The predicted octanol–water partition coefficient (Wildman–Crippen LogP) is 1.28. The first-order chi connectivity index (χ1) is 15.3. The van der Waals surface area contributed by atoms with Crippen LogP contribution in [0.1, 0.15) is 15.9 Å². The Morgan fingerprint density at radius 3 is 1.91 bits per heavy atom. The van der Waals surface area contributed by atoms with E-state index >= 15 is 0 Å². The molecule has 0 atom stereocenters. The van der Waals surface area contributed by atoms with E-state index in [1.54, 1.807) is 19.2 Å². The first-order valence-corrected chi connectivity index (χ1v) is 10.2. The topological polar surface area (TPSA) is 126 Å². The molecule has 0 unspecified atom stereocenters. The van der Waals surface area contributed by atoms with Gasteiger partial charge in [0, 0.05) is 11.6 Å². The number of rotatable bonds is 10. The van der Waals surface area contributed by atoms with Crippen molar-refractivity contribution in [3.8, 4) is 5.75 Å². The summed E-state index contributed by atoms with van der Waals surface area (Å²) < 4.78 is 5.06. The summed E-state index contributed by atoms with van der Waals surface area (Å²) in [5.41, 5.74) is 1.04. The van der Waals surface area contributed by atoms with E-state index in [4.69, 9.17) is 27.9 Å². The molecule has 0 heterocycles. The van der Waals surface area contributed by atoms with Gasteiger partial charge in [-0.2, -0.15) is 0 Å². The summed E-state index contributed by atoms with van der Waals surface area (Å²) in [5, 5.41) is 10.3. The smallest absolute Gasteiger partial charge is 0.253 e. The minimum absolute atomic E-state index is 0.153. The van der Waals surface area contributed by atoms with Crippen molar-refractivity contribution in [3.63, 3.8) is 0 Å². The van der Waals surface area contributed by atoms with Gasteiger partial charge in [-0.05, 0) is 35.9 Å². The predicted molar refractivity (Wildman–Crippen MR) is 120 cm³/mol. The van der Waals surface area contributed by atoms with Gasteiger partial charge in [0.25, 0.3) is 5.91 Å². The highest BCUT2D eigenvalue weighted by molar-refractivity contribution is 6.36. The fraction of sp³-hybridized carbons (Fsp3) is 0.238. The number of benzene rings is 2. The molecule has 0 spiro atoms. The van der Waals surface area contributed by atoms with Crippen LogP contribution in [0.2, 0.25) is 10.0 Å². The van der Waals surface area contributed by atoms with Gasteiger partial charge in [-0.1, -0.05) is 35.3 Å². The molecular weight excluding hydrogens is 459 g/mol. The lowest BCUT2D eigenvalue weighted by Gasteiger charge is -2.09. The average molecular weight is 481 g/mol. The summed E-state index contributed by atoms with van der Waals surface area (Å²) in [6.07, 6.45) is 0. The molecule has 2 rings (SSSR count). The quantitative estimate of drug-likeness (QED) is 0.407. The van der Waals surface area contributed by atoms with Gasteiger partial charge in [0.15, 0.2) is 0 Å². The maximum atomic E-state index is 12.0. The van der Waals surface area contributed by atoms with Crippen LogP contribution in [0.5, 0.6) is 5.75 Å². The fourth-order valence-corrected chi connectivity index (χ4v) is 2.91. The molecular formula is C21H22Cl2N4O5. The average Bonchev–Trinajstić information content (AvgIpc) is 2.78. The molecule has 32 heavy (non-hydrogen) atoms. The molecule has 11 heteroatoms. The molecule has 0 bridgehead atoms. The van der Waals surface area contributed by atoms with Gasteiger partial charge in [0.2, 0.25) is 17.7 Å². The van der Waals surface area contributed by atoms with Crippen molar-refractivity contribution in [1.29, 1.82) is 0 Å². The lowest BCUT2D eigenvalue weighted by molar-refractivity contribution is -0.127. The molecule has 0 aliphatic heterocycles. The maximum Gasteiger partial charge on any atom is 0.253 e. The Balaban J connectivity index is 1.62. The van der Waals surface area contributed by atoms with Gasteiger partial charge in [0.1, 0.15) is 5.75 Å². The third kappa shape index (κ3) is 8.44. The van der Waals surface area contributed by atoms with Crippen LogP contribution in [0.15, 0.2) is 42.5 Å². The Hall–Kier alpha value is -3.30. The molecule has 9 nitrogen and oxygen atoms in total. The summed E-state index contributed by atoms with van der Waals surface area (Å²) in [6.45, 7) is -0.640. The van der Waals surface area contributed by atoms with Crippen LogP contribution in [-0.4, -0.2) is 50.4 Å². The Morgan fingerprint density at radius 1 is 0.781 bits per heavy atom. The zero-order valence-corrected chi connectivity index (χ0v) is 18.7. The van der Waals surface area contributed by atoms with E-state index in [0.717, 1.165) is 5.56 Å². The van der Waals surface area contributed by atoms with E-state index in [0.29, 0.717) is 17.3 Å². The molecule has 0 saturated carbocycles. The monoisotopic (exact) mass is 480 g/mol. The number of hydrogen-bond donors (Lipinski definition) is 4. The Morgan fingerprint density at radius 2 is 1.34 bits per heavy atom. The van der Waals surface area contributed by atoms with Crippen LogP contribution < -0.4 is 26.0 Å². The summed E-state index contributed by atoms with van der Waals surface area (Å²) >= 11 is 11.7. The number of halogens is 2. The van der Waals surface area contributed by atoms with Gasteiger partial charge in [0.05, 0.1) is 37.3 Å². The number of hydrogen-bond acceptors (Lipinski definition) is 5. The minimum atomic E-state index is -0.581. The highest BCUT2D eigenvalue weighted by atomic mass is 35.5. The van der Waals surface area contributed by atoms with Crippen molar-refractivity contribution in [1.82, 2.24) is 21.3 Å². The van der Waals surface area contributed by atoms with E-state index in [2.05, 4.69) is 21.3 Å². The standard InChI is InChI=1S/C21H22Cl2N4O5/c1-32-15-5-2-13(3-6-15)9-24-18(28)10-25-19(29)11-26-20(30)12-27-21(31)16-7-4-14(22)8-17(16)23/h2-8H,9-12H2,1H3,(H,24,28)(H,25,29)(H,26,30)(H,27,31). The van der Waals surface area contributed by atoms with Crippen molar-refractivity contribution >= 4 is 46.8 Å². The van der Waals surface area contributed by atoms with Gasteiger partial charge < -0.3 is 26.0 Å². The third-order valence-electron chi connectivity index (χ3n) is 4.13. The summed E-state index contributed by atoms with van der Waals surface area (Å²) in [7, 11) is 1.56. The number of carbonyl (C=O) groups is 4. The highest BCUT2D eigenvalue weighted by Crippen LogP contribution is 2.20. The second-order valence-corrected chi connectivity index (χ2v) is 7.33. The van der Waals surface area contributed by atoms with Crippen LogP contribution in [0.4, 0.5) is 0 Å². The molecule has 170 valence electrons. The number of carbonyl (C=O) groups excluding carboxylic acids is 4. The van der Waals surface area contributed by atoms with E-state index in [9.17, 15) is 19.2 Å². The molecule has 2 aromatic carbocycles. The van der Waals surface area contributed by atoms with Crippen molar-refractivity contribution in [2.75, 3.05) is 26.7 Å². The van der Waals surface area contributed by atoms with Crippen LogP contribution in [0.3, 0.4) is 0 Å². The second-order valence-electron chi connectivity index (χ2n) is 6.49. The lowest BCUT2D eigenvalue weighted by Crippen LogP contribution is -2.44. The normalized spacial score (nSPS) is 10.1. The van der Waals surface area contributed by atoms with Gasteiger partial charge >= 0.3 is 0 Å². The Bertz CT molecular complexity index is 983. The largest absolute Gasteiger partial charge is 0.497 e. The number of nitrogens with one attached hydrogen (secondary N) is 4. The molecule has 0 aliphatic rings. The zero-order chi connectivity index (χ0) is 23.5. The maximum absolute atomic E-state index is 12.0. The second kappa shape index (κ2) is 12.5. The Labute approximate surface area is 194 Å². The van der Waals surface area contributed by atoms with Crippen LogP contribution in [-0.2, 0) is 20.9 Å². The van der Waals surface area contributed by atoms with E-state index < -0.39 is 17.7 Å². The van der Waals surface area contributed by atoms with Gasteiger partial charge in [-0.15, -0.1) is 0 Å². The zero-order valence-electron chi connectivity index (χ0n) is 17.2. The molecule has 0 saturated heterocycles. The van der Waals surface area contributed by atoms with E-state index in [1.165, 1.54) is 18.2 Å². The summed E-state index contributed by atoms with van der Waals surface area (Å²) in [4.78, 5) is 47.5. The van der Waals surface area contributed by atoms with Crippen molar-refractivity contribution in [3.05, 3.63) is 63.6 Å². The third-order valence-corrected chi connectivity index (χ3v) is 4.67. The minimum Gasteiger partial charge on any atom is -0.497 e. The van der Waals surface area contributed by atoms with E-state index in [1.807, 2.05) is 12.1 Å². The van der Waals surface area contributed by atoms with Crippen molar-refractivity contribution < 1.29 is 23.9 Å². The first-order valence-electron chi connectivity index (χ1n) is 9.44. The van der Waals surface area contributed by atoms with Crippen LogP contribution in [0, 0.1) is 0 Å². The highest BCUT2D eigenvalue weighted by Gasteiger charge is 2.13. The van der Waals surface area contributed by atoms with Crippen LogP contribution >= 0.6 is 23.2 Å². The molecule has 4 amide bonds. The summed E-state index contributed by atoms with van der Waals surface area (Å²) in [5.74, 6) is -1.36. The summed E-state index contributed by atoms with van der Waals surface area (Å²) in [6, 6.07) is 11.5. The number of methoxy groups -OCH3 is 1. The van der Waals surface area contributed by atoms with Gasteiger partial charge in [-0.3, -0.25) is 19.2 Å². The van der Waals surface area contributed by atoms with Gasteiger partial charge in [-0.25, -0.2) is 0 Å². The van der Waals surface area contributed by atoms with Crippen molar-refractivity contribution in [2.45, 2.75) is 6.54 Å². The number of ether oxygens (including phenoxy) is 1. The van der Waals surface area contributed by atoms with Crippen LogP contribution in [0.25, 0.3) is 0 Å². The van der Waals surface area contributed by atoms with E-state index in [-0.39, 0.29) is 36.1 Å². The fourth-order valence-electron chi connectivity index (χ4n) is 2.42. The number of amides is 4.